The molecule has 0 bridgehead atoms. The summed E-state index contributed by atoms with van der Waals surface area (Å²) >= 11 is 12.3. The van der Waals surface area contributed by atoms with Crippen LogP contribution >= 0.6 is 23.2 Å². The first-order chi connectivity index (χ1) is 16.0. The summed E-state index contributed by atoms with van der Waals surface area (Å²) in [6.07, 6.45) is 0.365. The number of benzene rings is 3. The molecule has 0 heterocycles. The second-order valence-corrected chi connectivity index (χ2v) is 8.30. The predicted octanol–water partition coefficient (Wildman–Crippen LogP) is 5.15. The van der Waals surface area contributed by atoms with Gasteiger partial charge in [0.1, 0.15) is 11.8 Å². The van der Waals surface area contributed by atoms with Gasteiger partial charge in [0.25, 0.3) is 5.91 Å². The second kappa shape index (κ2) is 12.3. The Bertz CT molecular complexity index is 1060. The number of nitrogens with one attached hydrogen (secondary N) is 1. The maximum Gasteiger partial charge on any atom is 0.261 e. The van der Waals surface area contributed by atoms with Gasteiger partial charge in [0.2, 0.25) is 5.91 Å². The zero-order valence-electron chi connectivity index (χ0n) is 18.3. The molecule has 5 nitrogen and oxygen atoms in total. The van der Waals surface area contributed by atoms with Gasteiger partial charge in [-0.05, 0) is 48.4 Å². The number of nitrogens with zero attached hydrogens (tertiary/aromatic N) is 1. The molecule has 0 aliphatic heterocycles. The van der Waals surface area contributed by atoms with Gasteiger partial charge in [-0.25, -0.2) is 0 Å². The smallest absolute Gasteiger partial charge is 0.261 e. The van der Waals surface area contributed by atoms with E-state index >= 15 is 0 Å². The second-order valence-electron chi connectivity index (χ2n) is 7.46. The summed E-state index contributed by atoms with van der Waals surface area (Å²) in [5.74, 6) is -0.0339. The summed E-state index contributed by atoms with van der Waals surface area (Å²) in [4.78, 5) is 28.0. The first-order valence-electron chi connectivity index (χ1n) is 10.7. The van der Waals surface area contributed by atoms with Gasteiger partial charge in [-0.15, -0.1) is 0 Å². The fourth-order valence-corrected chi connectivity index (χ4v) is 3.74. The molecule has 7 heteroatoms. The van der Waals surface area contributed by atoms with Crippen molar-refractivity contribution in [3.63, 3.8) is 0 Å². The number of carbonyl (C=O) groups is 2. The Balaban J connectivity index is 1.89. The van der Waals surface area contributed by atoms with Crippen LogP contribution in [0.15, 0.2) is 78.9 Å². The van der Waals surface area contributed by atoms with Crippen molar-refractivity contribution < 1.29 is 14.3 Å². The van der Waals surface area contributed by atoms with Crippen molar-refractivity contribution >= 4 is 35.0 Å². The maximum atomic E-state index is 13.4. The molecule has 2 amide bonds. The normalized spacial score (nSPS) is 11.5. The fourth-order valence-electron chi connectivity index (χ4n) is 3.41. The molecule has 0 fully saturated rings. The van der Waals surface area contributed by atoms with Gasteiger partial charge in [-0.2, -0.15) is 0 Å². The highest BCUT2D eigenvalue weighted by Gasteiger charge is 2.30. The molecule has 0 saturated carbocycles. The average molecular weight is 485 g/mol. The Hall–Kier alpha value is -3.02. The summed E-state index contributed by atoms with van der Waals surface area (Å²) in [6.45, 7) is 2.26. The SMILES string of the molecule is CCNC(=O)[C@@H](Cc1ccccc1)N(Cc1ccccc1Cl)C(=O)COc1ccc(Cl)cc1. The lowest BCUT2D eigenvalue weighted by Crippen LogP contribution is -2.51. The lowest BCUT2D eigenvalue weighted by atomic mass is 10.0. The third kappa shape index (κ3) is 7.24. The zero-order chi connectivity index (χ0) is 23.6. The monoisotopic (exact) mass is 484 g/mol. The number of halogens is 2. The summed E-state index contributed by atoms with van der Waals surface area (Å²) in [6, 6.07) is 22.9. The van der Waals surface area contributed by atoms with E-state index in [0.717, 1.165) is 11.1 Å². The van der Waals surface area contributed by atoms with Crippen molar-refractivity contribution in [3.05, 3.63) is 100 Å². The molecule has 1 N–H and O–H groups in total. The van der Waals surface area contributed by atoms with Crippen LogP contribution < -0.4 is 10.1 Å². The number of hydrogen-bond acceptors (Lipinski definition) is 3. The van der Waals surface area contributed by atoms with Crippen molar-refractivity contribution in [2.45, 2.75) is 25.9 Å². The van der Waals surface area contributed by atoms with E-state index in [2.05, 4.69) is 5.32 Å². The quantitative estimate of drug-likeness (QED) is 0.432. The summed E-state index contributed by atoms with van der Waals surface area (Å²) in [7, 11) is 0. The van der Waals surface area contributed by atoms with Gasteiger partial charge in [-0.1, -0.05) is 71.7 Å². The van der Waals surface area contributed by atoms with Crippen molar-refractivity contribution in [3.8, 4) is 5.75 Å². The van der Waals surface area contributed by atoms with Crippen LogP contribution in [0, 0.1) is 0 Å². The fraction of sp³-hybridized carbons (Fsp3) is 0.231. The number of hydrogen-bond donors (Lipinski definition) is 1. The predicted molar refractivity (Wildman–Crippen MR) is 132 cm³/mol. The molecule has 0 spiro atoms. The first kappa shape index (κ1) is 24.6. The Labute approximate surface area is 204 Å². The lowest BCUT2D eigenvalue weighted by molar-refractivity contribution is -0.142. The molecule has 172 valence electrons. The van der Waals surface area contributed by atoms with Crippen LogP contribution in [0.4, 0.5) is 0 Å². The van der Waals surface area contributed by atoms with E-state index in [1.54, 1.807) is 30.3 Å². The van der Waals surface area contributed by atoms with Crippen LogP contribution in [0.1, 0.15) is 18.1 Å². The third-order valence-electron chi connectivity index (χ3n) is 5.10. The van der Waals surface area contributed by atoms with E-state index in [-0.39, 0.29) is 25.0 Å². The van der Waals surface area contributed by atoms with Crippen molar-refractivity contribution in [2.24, 2.45) is 0 Å². The van der Waals surface area contributed by atoms with Crippen LogP contribution in [0.25, 0.3) is 0 Å². The minimum atomic E-state index is -0.732. The molecule has 3 aromatic carbocycles. The van der Waals surface area contributed by atoms with Gasteiger partial charge in [0.05, 0.1) is 0 Å². The van der Waals surface area contributed by atoms with E-state index < -0.39 is 6.04 Å². The molecule has 33 heavy (non-hydrogen) atoms. The highest BCUT2D eigenvalue weighted by atomic mass is 35.5. The molecular formula is C26H26Cl2N2O3. The highest BCUT2D eigenvalue weighted by Crippen LogP contribution is 2.21. The first-order valence-corrected chi connectivity index (χ1v) is 11.5. The maximum absolute atomic E-state index is 13.4. The van der Waals surface area contributed by atoms with E-state index in [1.807, 2.05) is 55.5 Å². The standard InChI is InChI=1S/C26H26Cl2N2O3/c1-2-29-26(32)24(16-19-8-4-3-5-9-19)30(17-20-10-6-7-11-23(20)28)25(31)18-33-22-14-12-21(27)13-15-22/h3-15,24H,2,16-18H2,1H3,(H,29,32)/t24-/m1/s1. The number of rotatable bonds is 10. The van der Waals surface area contributed by atoms with Gasteiger partial charge >= 0.3 is 0 Å². The van der Waals surface area contributed by atoms with E-state index in [1.165, 1.54) is 4.90 Å². The number of amides is 2. The zero-order valence-corrected chi connectivity index (χ0v) is 19.9. The molecule has 0 aliphatic rings. The van der Waals surface area contributed by atoms with Crippen molar-refractivity contribution in [1.82, 2.24) is 10.2 Å². The van der Waals surface area contributed by atoms with E-state index in [4.69, 9.17) is 27.9 Å². The number of carbonyl (C=O) groups excluding carboxylic acids is 2. The van der Waals surface area contributed by atoms with Gasteiger partial charge in [0.15, 0.2) is 6.61 Å². The van der Waals surface area contributed by atoms with Crippen LogP contribution in [0.3, 0.4) is 0 Å². The summed E-state index contributed by atoms with van der Waals surface area (Å²) < 4.78 is 5.70. The van der Waals surface area contributed by atoms with Crippen molar-refractivity contribution in [1.29, 1.82) is 0 Å². The molecule has 0 radical (unpaired) electrons. The molecule has 3 aromatic rings. The third-order valence-corrected chi connectivity index (χ3v) is 5.72. The Kier molecular flexibility index (Phi) is 9.16. The van der Waals surface area contributed by atoms with Crippen LogP contribution in [-0.4, -0.2) is 35.9 Å². The molecular weight excluding hydrogens is 459 g/mol. The van der Waals surface area contributed by atoms with Crippen LogP contribution in [0.5, 0.6) is 5.75 Å². The highest BCUT2D eigenvalue weighted by molar-refractivity contribution is 6.31. The largest absolute Gasteiger partial charge is 0.484 e. The molecule has 3 rings (SSSR count). The van der Waals surface area contributed by atoms with Gasteiger partial charge in [-0.3, -0.25) is 9.59 Å². The van der Waals surface area contributed by atoms with Gasteiger partial charge in [0, 0.05) is 29.6 Å². The van der Waals surface area contributed by atoms with Gasteiger partial charge < -0.3 is 15.0 Å². The number of ether oxygens (including phenoxy) is 1. The topological polar surface area (TPSA) is 58.6 Å². The number of likely N-dealkylation sites (N-methyl/N-ethyl adjacent to an activating group) is 1. The van der Waals surface area contributed by atoms with E-state index in [9.17, 15) is 9.59 Å². The molecule has 1 atom stereocenters. The summed E-state index contributed by atoms with van der Waals surface area (Å²) in [5, 5.41) is 3.97. The minimum Gasteiger partial charge on any atom is -0.484 e. The molecule has 0 aromatic heterocycles. The average Bonchev–Trinajstić information content (AvgIpc) is 2.82. The molecule has 0 aliphatic carbocycles. The Morgan fingerprint density at radius 3 is 2.27 bits per heavy atom. The summed E-state index contributed by atoms with van der Waals surface area (Å²) in [5.41, 5.74) is 1.70. The Morgan fingerprint density at radius 2 is 1.61 bits per heavy atom. The lowest BCUT2D eigenvalue weighted by Gasteiger charge is -2.31. The van der Waals surface area contributed by atoms with Crippen LogP contribution in [-0.2, 0) is 22.6 Å². The van der Waals surface area contributed by atoms with Crippen LogP contribution in [0.2, 0.25) is 10.0 Å². The minimum absolute atomic E-state index is 0.178. The Morgan fingerprint density at radius 1 is 0.939 bits per heavy atom. The molecule has 0 saturated heterocycles. The van der Waals surface area contributed by atoms with Crippen molar-refractivity contribution in [2.75, 3.05) is 13.2 Å². The van der Waals surface area contributed by atoms with E-state index in [0.29, 0.717) is 28.8 Å². The molecule has 0 unspecified atom stereocenters.